The van der Waals surface area contributed by atoms with E-state index >= 15 is 0 Å². The van der Waals surface area contributed by atoms with Crippen molar-refractivity contribution in [3.05, 3.63) is 29.8 Å². The maximum absolute atomic E-state index is 11.8. The van der Waals surface area contributed by atoms with Crippen LogP contribution in [0, 0.1) is 11.8 Å². The summed E-state index contributed by atoms with van der Waals surface area (Å²) in [4.78, 5) is 23.4. The van der Waals surface area contributed by atoms with Crippen molar-refractivity contribution in [3.63, 3.8) is 0 Å². The topological polar surface area (TPSA) is 67.4 Å². The zero-order valence-corrected chi connectivity index (χ0v) is 13.2. The van der Waals surface area contributed by atoms with Crippen molar-refractivity contribution in [2.75, 3.05) is 13.2 Å². The summed E-state index contributed by atoms with van der Waals surface area (Å²) in [6.07, 6.45) is 1.27. The molecule has 1 aliphatic carbocycles. The van der Waals surface area contributed by atoms with E-state index in [1.54, 1.807) is 0 Å². The third-order valence-corrected chi connectivity index (χ3v) is 3.80. The minimum atomic E-state index is -0.0639. The molecule has 2 atom stereocenters. The zero-order chi connectivity index (χ0) is 15.9. The van der Waals surface area contributed by atoms with Crippen LogP contribution >= 0.6 is 0 Å². The largest absolute Gasteiger partial charge is 0.494 e. The fourth-order valence-corrected chi connectivity index (χ4v) is 2.32. The Kier molecular flexibility index (Phi) is 5.81. The third kappa shape index (κ3) is 5.06. The van der Waals surface area contributed by atoms with Crippen LogP contribution in [0.2, 0.25) is 0 Å². The van der Waals surface area contributed by atoms with E-state index in [1.807, 2.05) is 31.2 Å². The normalized spacial score (nSPS) is 19.4. The monoisotopic (exact) mass is 304 g/mol. The first-order valence-electron chi connectivity index (χ1n) is 7.86. The van der Waals surface area contributed by atoms with E-state index in [1.165, 1.54) is 0 Å². The van der Waals surface area contributed by atoms with Gasteiger partial charge in [-0.05, 0) is 37.0 Å². The average Bonchev–Trinajstić information content (AvgIpc) is 3.23. The molecular formula is C17H24N2O3. The molecule has 0 unspecified atom stereocenters. The molecule has 0 heterocycles. The number of hydrogen-bond donors (Lipinski definition) is 2. The van der Waals surface area contributed by atoms with Crippen LogP contribution in [0.4, 0.5) is 0 Å². The summed E-state index contributed by atoms with van der Waals surface area (Å²) in [7, 11) is 0. The predicted octanol–water partition coefficient (Wildman–Crippen LogP) is 1.86. The van der Waals surface area contributed by atoms with Crippen molar-refractivity contribution < 1.29 is 14.3 Å². The first-order chi connectivity index (χ1) is 10.6. The van der Waals surface area contributed by atoms with E-state index in [0.29, 0.717) is 32.0 Å². The fourth-order valence-electron chi connectivity index (χ4n) is 2.32. The molecule has 22 heavy (non-hydrogen) atoms. The molecule has 2 amide bonds. The Hall–Kier alpha value is -2.04. The van der Waals surface area contributed by atoms with E-state index in [0.717, 1.165) is 17.7 Å². The molecule has 1 aliphatic rings. The molecule has 120 valence electrons. The molecule has 5 nitrogen and oxygen atoms in total. The fraction of sp³-hybridized carbons (Fsp3) is 0.529. The second-order valence-corrected chi connectivity index (χ2v) is 5.72. The highest BCUT2D eigenvalue weighted by Gasteiger charge is 2.38. The van der Waals surface area contributed by atoms with Gasteiger partial charge in [0.1, 0.15) is 5.75 Å². The minimum absolute atomic E-state index is 0.0639. The molecule has 1 saturated carbocycles. The molecule has 2 N–H and O–H groups in total. The van der Waals surface area contributed by atoms with Crippen molar-refractivity contribution >= 4 is 11.8 Å². The van der Waals surface area contributed by atoms with Gasteiger partial charge >= 0.3 is 0 Å². The summed E-state index contributed by atoms with van der Waals surface area (Å²) in [5.74, 6) is 1.46. The molecule has 0 aliphatic heterocycles. The molecule has 1 aromatic rings. The average molecular weight is 304 g/mol. The Labute approximate surface area is 131 Å². The van der Waals surface area contributed by atoms with Crippen molar-refractivity contribution in [1.82, 2.24) is 10.6 Å². The first kappa shape index (κ1) is 16.3. The Balaban J connectivity index is 1.64. The number of ether oxygens (including phenoxy) is 1. The second-order valence-electron chi connectivity index (χ2n) is 5.72. The zero-order valence-electron chi connectivity index (χ0n) is 13.2. The molecule has 0 aromatic heterocycles. The van der Waals surface area contributed by atoms with Gasteiger partial charge in [0.25, 0.3) is 0 Å². The summed E-state index contributed by atoms with van der Waals surface area (Å²) < 4.78 is 5.42. The molecule has 0 radical (unpaired) electrons. The number of carbonyl (C=O) groups excluding carboxylic acids is 2. The highest BCUT2D eigenvalue weighted by molar-refractivity contribution is 5.82. The highest BCUT2D eigenvalue weighted by atomic mass is 16.5. The lowest BCUT2D eigenvalue weighted by molar-refractivity contribution is -0.123. The summed E-state index contributed by atoms with van der Waals surface area (Å²) in [5.41, 5.74) is 0.996. The van der Waals surface area contributed by atoms with Gasteiger partial charge in [-0.2, -0.15) is 0 Å². The second kappa shape index (κ2) is 7.82. The van der Waals surface area contributed by atoms with Crippen molar-refractivity contribution in [3.8, 4) is 5.75 Å². The Bertz CT molecular complexity index is 530. The van der Waals surface area contributed by atoms with Gasteiger partial charge in [-0.1, -0.05) is 19.1 Å². The van der Waals surface area contributed by atoms with Gasteiger partial charge in [-0.3, -0.25) is 9.59 Å². The number of hydrogen-bond acceptors (Lipinski definition) is 3. The van der Waals surface area contributed by atoms with Crippen LogP contribution in [0.25, 0.3) is 0 Å². The van der Waals surface area contributed by atoms with Gasteiger partial charge in [0, 0.05) is 25.4 Å². The molecule has 0 saturated heterocycles. The molecule has 1 aromatic carbocycles. The van der Waals surface area contributed by atoms with Gasteiger partial charge in [0.15, 0.2) is 0 Å². The Morgan fingerprint density at radius 2 is 2.09 bits per heavy atom. The summed E-state index contributed by atoms with van der Waals surface area (Å²) in [6.45, 7) is 5.48. The number of carbonyl (C=O) groups is 2. The summed E-state index contributed by atoms with van der Waals surface area (Å²) in [6, 6.07) is 7.66. The van der Waals surface area contributed by atoms with Gasteiger partial charge in [-0.25, -0.2) is 0 Å². The number of amides is 2. The smallest absolute Gasteiger partial charge is 0.223 e. The minimum Gasteiger partial charge on any atom is -0.494 e. The van der Waals surface area contributed by atoms with Crippen LogP contribution in [-0.2, 0) is 16.1 Å². The van der Waals surface area contributed by atoms with Crippen molar-refractivity contribution in [2.45, 2.75) is 33.2 Å². The molecule has 5 heteroatoms. The molecule has 2 rings (SSSR count). The number of nitrogens with one attached hydrogen (secondary N) is 2. The van der Waals surface area contributed by atoms with E-state index in [-0.39, 0.29) is 17.7 Å². The van der Waals surface area contributed by atoms with Gasteiger partial charge < -0.3 is 15.4 Å². The lowest BCUT2D eigenvalue weighted by Gasteiger charge is -2.08. The van der Waals surface area contributed by atoms with E-state index in [2.05, 4.69) is 17.6 Å². The van der Waals surface area contributed by atoms with Crippen molar-refractivity contribution in [2.24, 2.45) is 11.8 Å². The third-order valence-electron chi connectivity index (χ3n) is 3.80. The number of rotatable bonds is 8. The van der Waals surface area contributed by atoms with Gasteiger partial charge in [0.05, 0.1) is 6.61 Å². The van der Waals surface area contributed by atoms with Gasteiger partial charge in [-0.15, -0.1) is 0 Å². The molecule has 0 bridgehead atoms. The van der Waals surface area contributed by atoms with E-state index in [4.69, 9.17) is 4.74 Å². The molecule has 0 spiro atoms. The summed E-state index contributed by atoms with van der Waals surface area (Å²) >= 11 is 0. The number of benzene rings is 1. The molecule has 1 fully saturated rings. The molecular weight excluding hydrogens is 280 g/mol. The van der Waals surface area contributed by atoms with Crippen LogP contribution in [0.1, 0.15) is 32.3 Å². The summed E-state index contributed by atoms with van der Waals surface area (Å²) in [5, 5.41) is 5.66. The van der Waals surface area contributed by atoms with Crippen LogP contribution < -0.4 is 15.4 Å². The SMILES string of the molecule is CCOc1cccc(CNC(=O)CCNC(=O)[C@@H]2C[C@H]2C)c1. The van der Waals surface area contributed by atoms with Crippen LogP contribution in [0.15, 0.2) is 24.3 Å². The quantitative estimate of drug-likeness (QED) is 0.770. The predicted molar refractivity (Wildman–Crippen MR) is 84.4 cm³/mol. The van der Waals surface area contributed by atoms with Crippen LogP contribution in [0.3, 0.4) is 0 Å². The lowest BCUT2D eigenvalue weighted by atomic mass is 10.2. The van der Waals surface area contributed by atoms with Crippen LogP contribution in [-0.4, -0.2) is 25.0 Å². The van der Waals surface area contributed by atoms with E-state index < -0.39 is 0 Å². The van der Waals surface area contributed by atoms with Crippen LogP contribution in [0.5, 0.6) is 5.75 Å². The van der Waals surface area contributed by atoms with E-state index in [9.17, 15) is 9.59 Å². The lowest BCUT2D eigenvalue weighted by Crippen LogP contribution is -2.31. The maximum atomic E-state index is 11.8. The standard InChI is InChI=1S/C17H24N2O3/c1-3-22-14-6-4-5-13(10-14)11-19-16(20)7-8-18-17(21)15-9-12(15)2/h4-6,10,12,15H,3,7-9,11H2,1-2H3,(H,18,21)(H,19,20)/t12-,15-/m1/s1. The van der Waals surface area contributed by atoms with Gasteiger partial charge in [0.2, 0.25) is 11.8 Å². The Morgan fingerprint density at radius 3 is 2.77 bits per heavy atom. The first-order valence-corrected chi connectivity index (χ1v) is 7.86. The highest BCUT2D eigenvalue weighted by Crippen LogP contribution is 2.37. The maximum Gasteiger partial charge on any atom is 0.223 e. The van der Waals surface area contributed by atoms with Crippen molar-refractivity contribution in [1.29, 1.82) is 0 Å². The Morgan fingerprint density at radius 1 is 1.32 bits per heavy atom.